The van der Waals surface area contributed by atoms with Crippen molar-refractivity contribution in [3.63, 3.8) is 0 Å². The Morgan fingerprint density at radius 1 is 1.05 bits per heavy atom. The highest BCUT2D eigenvalue weighted by molar-refractivity contribution is 8.15. The van der Waals surface area contributed by atoms with Crippen LogP contribution in [0.1, 0.15) is 62.1 Å². The zero-order valence-corrected chi connectivity index (χ0v) is 24.4. The van der Waals surface area contributed by atoms with Crippen LogP contribution < -0.4 is 10.0 Å². The summed E-state index contributed by atoms with van der Waals surface area (Å²) in [5.41, 5.74) is 9.12. The Labute approximate surface area is 235 Å². The predicted octanol–water partition coefficient (Wildman–Crippen LogP) is 8.68. The summed E-state index contributed by atoms with van der Waals surface area (Å²) < 4.78 is 3.58. The zero-order valence-electron chi connectivity index (χ0n) is 22.8. The van der Waals surface area contributed by atoms with E-state index in [0.717, 1.165) is 33.3 Å². The molecule has 1 unspecified atom stereocenters. The van der Waals surface area contributed by atoms with Gasteiger partial charge in [0.25, 0.3) is 0 Å². The first kappa shape index (κ1) is 28.3. The predicted molar refractivity (Wildman–Crippen MR) is 170 cm³/mol. The van der Waals surface area contributed by atoms with Crippen molar-refractivity contribution in [2.24, 2.45) is 9.98 Å². The lowest BCUT2D eigenvalue weighted by Gasteiger charge is -2.23. The summed E-state index contributed by atoms with van der Waals surface area (Å²) in [4.78, 5) is 10.1. The lowest BCUT2D eigenvalue weighted by Crippen LogP contribution is -2.31. The van der Waals surface area contributed by atoms with Crippen molar-refractivity contribution in [3.05, 3.63) is 87.6 Å². The molecule has 2 aromatic rings. The van der Waals surface area contributed by atoms with Gasteiger partial charge in [-0.1, -0.05) is 72.5 Å². The second-order valence-corrected chi connectivity index (χ2v) is 11.8. The summed E-state index contributed by atoms with van der Waals surface area (Å²) in [6.07, 6.45) is 13.7. The van der Waals surface area contributed by atoms with E-state index in [2.05, 4.69) is 72.7 Å². The Balaban J connectivity index is 1.59. The molecule has 0 spiro atoms. The molecule has 2 aliphatic rings. The Kier molecular flexibility index (Phi) is 9.95. The van der Waals surface area contributed by atoms with Crippen LogP contribution in [0, 0.1) is 13.8 Å². The molecule has 2 aromatic carbocycles. The summed E-state index contributed by atoms with van der Waals surface area (Å²) in [6, 6.07) is 12.8. The van der Waals surface area contributed by atoms with Crippen molar-refractivity contribution < 1.29 is 0 Å². The summed E-state index contributed by atoms with van der Waals surface area (Å²) in [7, 11) is -0.460. The normalized spacial score (nSPS) is 19.3. The Morgan fingerprint density at radius 3 is 2.53 bits per heavy atom. The summed E-state index contributed by atoms with van der Waals surface area (Å²) in [5.74, 6) is 4.33. The zero-order chi connectivity index (χ0) is 27.1. The molecule has 0 saturated heterocycles. The maximum Gasteiger partial charge on any atom is 0.0894 e. The van der Waals surface area contributed by atoms with E-state index in [9.17, 15) is 0 Å². The van der Waals surface area contributed by atoms with Gasteiger partial charge in [0.15, 0.2) is 0 Å². The van der Waals surface area contributed by atoms with Crippen LogP contribution in [0.5, 0.6) is 0 Å². The van der Waals surface area contributed by atoms with Crippen molar-refractivity contribution in [2.75, 3.05) is 11.4 Å². The van der Waals surface area contributed by atoms with Crippen LogP contribution in [0.3, 0.4) is 0 Å². The summed E-state index contributed by atoms with van der Waals surface area (Å²) in [5, 5.41) is 4.38. The summed E-state index contributed by atoms with van der Waals surface area (Å²) >= 11 is 6.41. The minimum atomic E-state index is -0.460. The molecule has 0 aromatic heterocycles. The molecule has 0 aliphatic heterocycles. The highest BCUT2D eigenvalue weighted by atomic mass is 35.5. The molecule has 4 nitrogen and oxygen atoms in total. The highest BCUT2D eigenvalue weighted by Crippen LogP contribution is 2.37. The molecule has 0 radical (unpaired) electrons. The van der Waals surface area contributed by atoms with E-state index < -0.39 is 10.7 Å². The summed E-state index contributed by atoms with van der Waals surface area (Å²) in [6.45, 7) is 10.9. The second-order valence-electron chi connectivity index (χ2n) is 9.93. The number of aliphatic imine (C=N–C) groups is 2. The lowest BCUT2D eigenvalue weighted by atomic mass is 9.86. The number of nitrogens with one attached hydrogen (secondary N) is 2. The fraction of sp³-hybridized carbons (Fsp3) is 0.344. The Morgan fingerprint density at radius 2 is 1.82 bits per heavy atom. The van der Waals surface area contributed by atoms with Gasteiger partial charge in [-0.15, -0.1) is 0 Å². The van der Waals surface area contributed by atoms with E-state index in [1.165, 1.54) is 59.9 Å². The molecule has 0 amide bonds. The van der Waals surface area contributed by atoms with Crippen LogP contribution in [0.25, 0.3) is 5.57 Å². The molecule has 200 valence electrons. The number of anilines is 1. The third-order valence-corrected chi connectivity index (χ3v) is 9.28. The van der Waals surface area contributed by atoms with Crippen LogP contribution in [0.15, 0.2) is 80.8 Å². The van der Waals surface area contributed by atoms with Gasteiger partial charge >= 0.3 is 0 Å². The van der Waals surface area contributed by atoms with Crippen molar-refractivity contribution in [2.45, 2.75) is 70.2 Å². The minimum absolute atomic E-state index is 0.460. The monoisotopic (exact) mass is 546 g/mol. The van der Waals surface area contributed by atoms with Crippen molar-refractivity contribution in [1.82, 2.24) is 5.32 Å². The van der Waals surface area contributed by atoms with Gasteiger partial charge in [0.2, 0.25) is 0 Å². The van der Waals surface area contributed by atoms with E-state index in [4.69, 9.17) is 16.6 Å². The average molecular weight is 547 g/mol. The first-order valence-corrected chi connectivity index (χ1v) is 15.2. The van der Waals surface area contributed by atoms with Gasteiger partial charge in [-0.25, -0.2) is 0 Å². The molecule has 4 rings (SSSR count). The van der Waals surface area contributed by atoms with E-state index >= 15 is 0 Å². The molecular weight excluding hydrogens is 508 g/mol. The SMILES string of the molecule is C=N/C=C1/C=C(c2ccc(NS(=C)c3ccccc3Cl)c(C)c2C)C=C(CC)/C1=N/CNC1CCCCC1. The fourth-order valence-corrected chi connectivity index (χ4v) is 6.73. The van der Waals surface area contributed by atoms with Gasteiger partial charge in [-0.2, -0.15) is 0 Å². The molecule has 2 aliphatic carbocycles. The number of benzene rings is 2. The quantitative estimate of drug-likeness (QED) is 0.244. The van der Waals surface area contributed by atoms with Gasteiger partial charge in [-0.05, 0) is 98.0 Å². The first-order valence-electron chi connectivity index (χ1n) is 13.5. The van der Waals surface area contributed by atoms with Gasteiger partial charge < -0.3 is 4.72 Å². The fourth-order valence-electron chi connectivity index (χ4n) is 5.17. The Hall–Kier alpha value is -2.73. The first-order chi connectivity index (χ1) is 18.4. The molecule has 38 heavy (non-hydrogen) atoms. The highest BCUT2D eigenvalue weighted by Gasteiger charge is 2.20. The maximum absolute atomic E-state index is 6.41. The molecular formula is C32H39ClN4S. The number of rotatable bonds is 9. The minimum Gasteiger partial charge on any atom is -0.332 e. The lowest BCUT2D eigenvalue weighted by molar-refractivity contribution is 0.378. The Bertz CT molecular complexity index is 1330. The molecule has 1 fully saturated rings. The number of halogens is 1. The standard InChI is InChI=1S/C32H39ClN4S/c1-6-24-18-25(19-26(20-34-4)32(24)36-21-35-27-12-8-7-9-13-27)28-16-17-30(23(3)22(28)2)37-38(5)31-15-11-10-14-29(31)33/h10-11,14-20,27,35,37H,4-9,12-13,21H2,1-3H3/b26-20-,36-32-. The maximum atomic E-state index is 6.41. The van der Waals surface area contributed by atoms with E-state index in [0.29, 0.717) is 12.7 Å². The molecule has 0 bridgehead atoms. The van der Waals surface area contributed by atoms with E-state index in [1.54, 1.807) is 0 Å². The molecule has 1 atom stereocenters. The topological polar surface area (TPSA) is 48.8 Å². The average Bonchev–Trinajstić information content (AvgIpc) is 2.93. The van der Waals surface area contributed by atoms with Crippen LogP contribution in [0.4, 0.5) is 5.69 Å². The van der Waals surface area contributed by atoms with Gasteiger partial charge in [0.1, 0.15) is 0 Å². The van der Waals surface area contributed by atoms with E-state index in [1.807, 2.05) is 30.5 Å². The molecule has 1 saturated carbocycles. The number of hydrogen-bond acceptors (Lipinski definition) is 4. The third-order valence-electron chi connectivity index (χ3n) is 7.49. The second kappa shape index (κ2) is 13.4. The van der Waals surface area contributed by atoms with Gasteiger partial charge in [0, 0.05) is 28.4 Å². The third kappa shape index (κ3) is 6.63. The number of nitrogens with zero attached hydrogens (tertiary/aromatic N) is 2. The van der Waals surface area contributed by atoms with Gasteiger partial charge in [-0.3, -0.25) is 15.3 Å². The van der Waals surface area contributed by atoms with Gasteiger partial charge in [0.05, 0.1) is 17.4 Å². The number of allylic oxidation sites excluding steroid dienone is 5. The van der Waals surface area contributed by atoms with Crippen LogP contribution in [0.2, 0.25) is 5.02 Å². The van der Waals surface area contributed by atoms with Crippen LogP contribution in [-0.2, 0) is 0 Å². The number of hydrogen-bond donors (Lipinski definition) is 2. The van der Waals surface area contributed by atoms with Crippen molar-refractivity contribution >= 4 is 51.8 Å². The largest absolute Gasteiger partial charge is 0.332 e. The van der Waals surface area contributed by atoms with Crippen molar-refractivity contribution in [3.8, 4) is 0 Å². The van der Waals surface area contributed by atoms with E-state index in [-0.39, 0.29) is 0 Å². The molecule has 2 N–H and O–H groups in total. The molecule has 0 heterocycles. The smallest absolute Gasteiger partial charge is 0.0894 e. The van der Waals surface area contributed by atoms with Crippen molar-refractivity contribution in [1.29, 1.82) is 0 Å². The van der Waals surface area contributed by atoms with Crippen LogP contribution >= 0.6 is 22.3 Å². The van der Waals surface area contributed by atoms with Crippen LogP contribution in [-0.4, -0.2) is 31.0 Å². The molecule has 6 heteroatoms.